The standard InChI is InChI=1S/C87H140O17P2/c1-5-9-13-17-21-25-29-33-37-39-40-42-46-48-52-56-60-64-68-72-85(90)98-78-83(104-87(92)74-70-66-62-58-54-50-44-36-32-28-24-20-16-12-8-4)80-102-106(95,96)100-76-81(88)75-99-105(93,94)101-79-82(103-86(91)73-69-65-61-57-53-49-43-35-31-27-23-19-15-11-7-3)77-97-84(89)71-67-63-59-55-51-47-45-41-38-34-30-26-22-18-14-10-6-2/h9-10,12-14,16,21-28,33-38,40,42-44,48,52,54,58,66,70,81-83,88H,5-8,11,15,17-20,29-32,39,41,45-47,49-51,53,55-57,59-65,67-69,71-80H2,1-4H3,(H,93,94)(H,95,96)/b13-9-,14-10-,16-12-,25-21-,26-22-,27-23-,28-24-,37-33-,38-34-,42-40-,43-35-,44-36-,52-48-,58-54-,70-66-. The van der Waals surface area contributed by atoms with E-state index in [2.05, 4.69) is 186 Å². The zero-order valence-corrected chi connectivity index (χ0v) is 67.3. The molecule has 0 bridgehead atoms. The molecule has 0 fully saturated rings. The van der Waals surface area contributed by atoms with Crippen LogP contribution in [0.1, 0.15) is 285 Å². The lowest BCUT2D eigenvalue weighted by molar-refractivity contribution is -0.161. The monoisotopic (exact) mass is 1520 g/mol. The third-order valence-corrected chi connectivity index (χ3v) is 17.8. The number of aliphatic hydroxyl groups excluding tert-OH is 1. The van der Waals surface area contributed by atoms with Gasteiger partial charge >= 0.3 is 39.5 Å². The van der Waals surface area contributed by atoms with Crippen LogP contribution >= 0.6 is 15.6 Å². The fourth-order valence-electron chi connectivity index (χ4n) is 9.89. The first-order valence-corrected chi connectivity index (χ1v) is 43.0. The van der Waals surface area contributed by atoms with Gasteiger partial charge in [-0.2, -0.15) is 0 Å². The van der Waals surface area contributed by atoms with Crippen molar-refractivity contribution in [1.29, 1.82) is 0 Å². The number of rotatable bonds is 73. The smallest absolute Gasteiger partial charge is 0.462 e. The summed E-state index contributed by atoms with van der Waals surface area (Å²) in [5, 5.41) is 10.6. The van der Waals surface area contributed by atoms with Gasteiger partial charge in [0.15, 0.2) is 12.2 Å². The first kappa shape index (κ1) is 100. The van der Waals surface area contributed by atoms with E-state index in [9.17, 15) is 43.2 Å². The molecule has 0 aromatic carbocycles. The summed E-state index contributed by atoms with van der Waals surface area (Å²) in [5.74, 6) is -2.40. The number of hydrogen-bond donors (Lipinski definition) is 3. The number of allylic oxidation sites excluding steroid dienone is 29. The highest BCUT2D eigenvalue weighted by Gasteiger charge is 2.30. The molecule has 0 saturated carbocycles. The summed E-state index contributed by atoms with van der Waals surface area (Å²) >= 11 is 0. The predicted octanol–water partition coefficient (Wildman–Crippen LogP) is 23.6. The number of carbonyl (C=O) groups excluding carboxylic acids is 4. The van der Waals surface area contributed by atoms with Crippen molar-refractivity contribution in [3.05, 3.63) is 182 Å². The number of hydrogen-bond acceptors (Lipinski definition) is 15. The van der Waals surface area contributed by atoms with Gasteiger partial charge in [0, 0.05) is 19.3 Å². The van der Waals surface area contributed by atoms with E-state index < -0.39 is 97.5 Å². The van der Waals surface area contributed by atoms with Gasteiger partial charge in [0.2, 0.25) is 0 Å². The summed E-state index contributed by atoms with van der Waals surface area (Å²) < 4.78 is 68.5. The molecule has 0 radical (unpaired) electrons. The molecule has 3 N–H and O–H groups in total. The van der Waals surface area contributed by atoms with Gasteiger partial charge < -0.3 is 33.8 Å². The zero-order valence-electron chi connectivity index (χ0n) is 65.5. The van der Waals surface area contributed by atoms with E-state index in [1.165, 1.54) is 19.3 Å². The van der Waals surface area contributed by atoms with E-state index in [1.54, 1.807) is 12.2 Å². The molecular formula is C87H140O17P2. The Morgan fingerprint density at radius 3 is 0.849 bits per heavy atom. The van der Waals surface area contributed by atoms with Gasteiger partial charge in [0.25, 0.3) is 0 Å². The molecule has 5 unspecified atom stereocenters. The maximum atomic E-state index is 13.1. The van der Waals surface area contributed by atoms with Gasteiger partial charge in [-0.1, -0.05) is 281 Å². The number of esters is 4. The maximum Gasteiger partial charge on any atom is 0.472 e. The quantitative estimate of drug-likeness (QED) is 0.0169. The average Bonchev–Trinajstić information content (AvgIpc) is 0.909. The fourth-order valence-corrected chi connectivity index (χ4v) is 11.5. The number of unbranched alkanes of at least 4 members (excludes halogenated alkanes) is 18. The fraction of sp³-hybridized carbons (Fsp3) is 0.609. The molecule has 0 aromatic rings. The van der Waals surface area contributed by atoms with Crippen LogP contribution in [0.2, 0.25) is 0 Å². The minimum absolute atomic E-state index is 0.0674. The van der Waals surface area contributed by atoms with Crippen molar-refractivity contribution in [3.8, 4) is 0 Å². The summed E-state index contributed by atoms with van der Waals surface area (Å²) in [4.78, 5) is 73.0. The lowest BCUT2D eigenvalue weighted by Gasteiger charge is -2.21. The van der Waals surface area contributed by atoms with E-state index in [1.807, 2.05) is 12.2 Å². The summed E-state index contributed by atoms with van der Waals surface area (Å²) in [6.45, 7) is 4.31. The highest BCUT2D eigenvalue weighted by molar-refractivity contribution is 7.47. The molecule has 0 aliphatic rings. The molecular weight excluding hydrogens is 1380 g/mol. The Morgan fingerprint density at radius 1 is 0.283 bits per heavy atom. The van der Waals surface area contributed by atoms with Gasteiger partial charge in [-0.15, -0.1) is 0 Å². The first-order chi connectivity index (χ1) is 51.7. The Labute approximate surface area is 641 Å². The molecule has 0 saturated heterocycles. The number of phosphoric acid groups is 2. The lowest BCUT2D eigenvalue weighted by atomic mass is 10.1. The summed E-state index contributed by atoms with van der Waals surface area (Å²) in [6.07, 6.45) is 93.3. The number of ether oxygens (including phenoxy) is 4. The van der Waals surface area contributed by atoms with Crippen molar-refractivity contribution < 1.29 is 80.2 Å². The number of phosphoric ester groups is 2. The number of carbonyl (C=O) groups is 4. The second-order valence-corrected chi connectivity index (χ2v) is 28.8. The molecule has 0 rings (SSSR count). The van der Waals surface area contributed by atoms with Gasteiger partial charge in [-0.25, -0.2) is 9.13 Å². The van der Waals surface area contributed by atoms with E-state index in [4.69, 9.17) is 37.0 Å². The normalized spacial score (nSPS) is 14.8. The van der Waals surface area contributed by atoms with Crippen LogP contribution in [0.4, 0.5) is 0 Å². The average molecular weight is 1520 g/mol. The third kappa shape index (κ3) is 76.4. The van der Waals surface area contributed by atoms with E-state index in [-0.39, 0.29) is 25.7 Å². The molecule has 0 aliphatic carbocycles. The van der Waals surface area contributed by atoms with Gasteiger partial charge in [-0.3, -0.25) is 37.3 Å². The summed E-state index contributed by atoms with van der Waals surface area (Å²) in [5.41, 5.74) is 0. The second kappa shape index (κ2) is 77.3. The van der Waals surface area contributed by atoms with Crippen molar-refractivity contribution in [3.63, 3.8) is 0 Å². The molecule has 0 spiro atoms. The predicted molar refractivity (Wildman–Crippen MR) is 436 cm³/mol. The highest BCUT2D eigenvalue weighted by atomic mass is 31.2. The Kier molecular flexibility index (Phi) is 73.1. The topological polar surface area (TPSA) is 237 Å². The van der Waals surface area contributed by atoms with Crippen LogP contribution in [-0.4, -0.2) is 96.7 Å². The van der Waals surface area contributed by atoms with Crippen LogP contribution in [0.3, 0.4) is 0 Å². The molecule has 0 aliphatic heterocycles. The van der Waals surface area contributed by atoms with Gasteiger partial charge in [0.1, 0.15) is 19.3 Å². The minimum atomic E-state index is -5.02. The molecule has 17 nitrogen and oxygen atoms in total. The molecule has 19 heteroatoms. The van der Waals surface area contributed by atoms with E-state index in [0.717, 1.165) is 186 Å². The van der Waals surface area contributed by atoms with Crippen LogP contribution in [0.5, 0.6) is 0 Å². The van der Waals surface area contributed by atoms with Crippen molar-refractivity contribution >= 4 is 39.5 Å². The Morgan fingerprint density at radius 2 is 0.528 bits per heavy atom. The third-order valence-electron chi connectivity index (χ3n) is 15.9. The minimum Gasteiger partial charge on any atom is -0.462 e. The molecule has 0 heterocycles. The second-order valence-electron chi connectivity index (χ2n) is 25.9. The van der Waals surface area contributed by atoms with Crippen molar-refractivity contribution in [2.24, 2.45) is 0 Å². The molecule has 600 valence electrons. The van der Waals surface area contributed by atoms with Crippen LogP contribution in [0.15, 0.2) is 182 Å². The highest BCUT2D eigenvalue weighted by Crippen LogP contribution is 2.45. The van der Waals surface area contributed by atoms with Crippen LogP contribution in [0, 0.1) is 0 Å². The van der Waals surface area contributed by atoms with Crippen LogP contribution in [-0.2, 0) is 65.4 Å². The first-order valence-electron chi connectivity index (χ1n) is 40.0. The molecule has 5 atom stereocenters. The number of aliphatic hydroxyl groups is 1. The molecule has 106 heavy (non-hydrogen) atoms. The zero-order chi connectivity index (χ0) is 77.4. The summed E-state index contributed by atoms with van der Waals surface area (Å²) in [7, 11) is -10.0. The van der Waals surface area contributed by atoms with Crippen molar-refractivity contribution in [1.82, 2.24) is 0 Å². The van der Waals surface area contributed by atoms with Crippen LogP contribution in [0.25, 0.3) is 0 Å². The van der Waals surface area contributed by atoms with Crippen LogP contribution < -0.4 is 0 Å². The summed E-state index contributed by atoms with van der Waals surface area (Å²) in [6, 6.07) is 0. The van der Waals surface area contributed by atoms with E-state index in [0.29, 0.717) is 25.7 Å². The maximum absolute atomic E-state index is 13.1. The largest absolute Gasteiger partial charge is 0.472 e. The molecule has 0 aromatic heterocycles. The lowest BCUT2D eigenvalue weighted by Crippen LogP contribution is -2.30. The van der Waals surface area contributed by atoms with E-state index >= 15 is 0 Å². The Bertz CT molecular complexity index is 2730. The Balaban J connectivity index is 5.49. The SMILES string of the molecule is CC/C=C\C/C=C\C/C=C\C/C=C\C/C=C\CCCCCC(=O)OCC(COP(=O)(O)OCC(O)COP(=O)(O)OCC(COC(=O)CCCCCCCCC/C=C\C/C=C\C/C=C\CC)OC(=O)CCCCCCC/C=C\C/C=C\CCCCC)OC(=O)C/C=C\C/C=C\C/C=C\C/C=C\C/C=C\CC. The van der Waals surface area contributed by atoms with Gasteiger partial charge in [0.05, 0.1) is 32.8 Å². The molecule has 0 amide bonds. The van der Waals surface area contributed by atoms with Gasteiger partial charge in [-0.05, 0) is 161 Å². The van der Waals surface area contributed by atoms with Crippen molar-refractivity contribution in [2.45, 2.75) is 303 Å². The Hall–Kier alpha value is -5.84. The van der Waals surface area contributed by atoms with Crippen molar-refractivity contribution in [2.75, 3.05) is 39.6 Å².